The number of aryl methyl sites for hydroxylation is 1. The number of nitrogens with one attached hydrogen (secondary N) is 1. The number of benzene rings is 1. The summed E-state index contributed by atoms with van der Waals surface area (Å²) >= 11 is 0. The average Bonchev–Trinajstić information content (AvgIpc) is 3.58. The fraction of sp³-hybridized carbons (Fsp3) is 0.600. The number of fused-ring (bicyclic) bond motifs is 1. The Morgan fingerprint density at radius 3 is 2.72 bits per heavy atom. The van der Waals surface area contributed by atoms with Crippen LogP contribution in [-0.2, 0) is 23.3 Å². The van der Waals surface area contributed by atoms with E-state index < -0.39 is 38.2 Å². The minimum absolute atomic E-state index is 0.0460. The quantitative estimate of drug-likeness (QED) is 0.398. The van der Waals surface area contributed by atoms with Crippen LogP contribution in [-0.4, -0.2) is 65.4 Å². The minimum Gasteiger partial charge on any atom is -0.382 e. The lowest BCUT2D eigenvalue weighted by atomic mass is 10.0. The topological polar surface area (TPSA) is 104 Å². The van der Waals surface area contributed by atoms with E-state index >= 15 is 0 Å². The number of nitrogens with zero attached hydrogens (tertiary/aromatic N) is 2. The van der Waals surface area contributed by atoms with Crippen molar-refractivity contribution in [3.8, 4) is 0 Å². The molecule has 0 radical (unpaired) electrons. The van der Waals surface area contributed by atoms with Gasteiger partial charge in [0, 0.05) is 31.5 Å². The molecular formula is C25H34N3O7P. The number of aromatic nitrogens is 2. The first-order valence-electron chi connectivity index (χ1n) is 12.5. The van der Waals surface area contributed by atoms with Crippen molar-refractivity contribution in [3.05, 3.63) is 68.5 Å². The van der Waals surface area contributed by atoms with E-state index in [4.69, 9.17) is 23.3 Å². The summed E-state index contributed by atoms with van der Waals surface area (Å²) in [7, 11) is 0.261. The van der Waals surface area contributed by atoms with E-state index in [0.717, 1.165) is 24.9 Å². The summed E-state index contributed by atoms with van der Waals surface area (Å²) in [6.07, 6.45) is 2.18. The van der Waals surface area contributed by atoms with Gasteiger partial charge >= 0.3 is 5.69 Å². The van der Waals surface area contributed by atoms with Gasteiger partial charge in [-0.15, -0.1) is 0 Å². The van der Waals surface area contributed by atoms with Gasteiger partial charge in [-0.1, -0.05) is 37.3 Å². The molecule has 3 fully saturated rings. The summed E-state index contributed by atoms with van der Waals surface area (Å²) in [5.41, 5.74) is 0.609. The standard InChI is InChI=1S/C25H34N3O7P/c1-4-19-21(35-36-28-12-8-11-18(28)20(34-36)17-9-6-5-7-10-17)22(32-14-13-31-3)24(33-19)27-15-16(2)23(29)26-25(27)30/h5-7,9-10,15,18-22,24H,4,8,11-14H2,1-3H3,(H,26,29,30)/t18-,19-,20+,21+,22?,24-,36?/m1/s1. The van der Waals surface area contributed by atoms with Gasteiger partial charge in [0.15, 0.2) is 6.23 Å². The van der Waals surface area contributed by atoms with Gasteiger partial charge in [0.1, 0.15) is 18.3 Å². The average molecular weight is 520 g/mol. The zero-order valence-corrected chi connectivity index (χ0v) is 21.8. The van der Waals surface area contributed by atoms with E-state index in [-0.39, 0.29) is 18.2 Å². The van der Waals surface area contributed by atoms with E-state index in [1.165, 1.54) is 10.8 Å². The molecule has 36 heavy (non-hydrogen) atoms. The second-order valence-corrected chi connectivity index (χ2v) is 10.8. The molecule has 0 amide bonds. The minimum atomic E-state index is -1.35. The Hall–Kier alpha value is -1.91. The molecule has 1 N–H and O–H groups in total. The zero-order valence-electron chi connectivity index (χ0n) is 20.9. The Labute approximate surface area is 211 Å². The van der Waals surface area contributed by atoms with Gasteiger partial charge in [-0.2, -0.15) is 0 Å². The number of ether oxygens (including phenoxy) is 3. The molecule has 0 aliphatic carbocycles. The van der Waals surface area contributed by atoms with Gasteiger partial charge in [0.25, 0.3) is 14.1 Å². The fourth-order valence-electron chi connectivity index (χ4n) is 5.24. The first-order chi connectivity index (χ1) is 17.5. The van der Waals surface area contributed by atoms with Gasteiger partial charge in [-0.25, -0.2) is 9.46 Å². The van der Waals surface area contributed by atoms with Crippen molar-refractivity contribution >= 4 is 8.53 Å². The van der Waals surface area contributed by atoms with Gasteiger partial charge < -0.3 is 23.3 Å². The summed E-state index contributed by atoms with van der Waals surface area (Å²) < 4.78 is 34.8. The van der Waals surface area contributed by atoms with E-state index in [2.05, 4.69) is 21.8 Å². The van der Waals surface area contributed by atoms with Crippen LogP contribution in [0, 0.1) is 6.92 Å². The number of rotatable bonds is 9. The van der Waals surface area contributed by atoms with Crippen LogP contribution in [0.15, 0.2) is 46.1 Å². The fourth-order valence-corrected chi connectivity index (χ4v) is 7.23. The van der Waals surface area contributed by atoms with Crippen LogP contribution in [0.25, 0.3) is 0 Å². The first-order valence-corrected chi connectivity index (χ1v) is 13.7. The Kier molecular flexibility index (Phi) is 8.02. The molecule has 4 heterocycles. The molecule has 1 aromatic carbocycles. The third-order valence-electron chi connectivity index (χ3n) is 7.08. The maximum Gasteiger partial charge on any atom is 0.330 e. The van der Waals surface area contributed by atoms with E-state index in [9.17, 15) is 9.59 Å². The molecule has 0 spiro atoms. The molecule has 10 nitrogen and oxygen atoms in total. The van der Waals surface area contributed by atoms with Crippen molar-refractivity contribution in [2.75, 3.05) is 26.9 Å². The van der Waals surface area contributed by atoms with Gasteiger partial charge in [0.2, 0.25) is 0 Å². The summed E-state index contributed by atoms with van der Waals surface area (Å²) in [5, 5.41) is 0. The van der Waals surface area contributed by atoms with Crippen LogP contribution >= 0.6 is 8.53 Å². The van der Waals surface area contributed by atoms with Gasteiger partial charge in [-0.05, 0) is 31.7 Å². The number of methoxy groups -OCH3 is 1. The molecule has 0 bridgehead atoms. The zero-order chi connectivity index (χ0) is 25.2. The molecule has 3 aliphatic heterocycles. The highest BCUT2D eigenvalue weighted by Crippen LogP contribution is 2.61. The SMILES string of the molecule is CC[C@H]1O[C@@H](n2cc(C)c(=O)[nH]c2=O)C(OCCOC)[C@H]1OP1O[C@@H](c2ccccc2)[C@H]2CCCN21. The molecule has 3 saturated heterocycles. The number of aromatic amines is 1. The van der Waals surface area contributed by atoms with Crippen LogP contribution in [0.4, 0.5) is 0 Å². The van der Waals surface area contributed by atoms with Crippen molar-refractivity contribution in [2.24, 2.45) is 0 Å². The largest absolute Gasteiger partial charge is 0.382 e. The maximum absolute atomic E-state index is 12.7. The lowest BCUT2D eigenvalue weighted by molar-refractivity contribution is -0.0782. The maximum atomic E-state index is 12.7. The second kappa shape index (κ2) is 11.2. The number of hydrogen-bond donors (Lipinski definition) is 1. The Bertz CT molecular complexity index is 1140. The molecule has 1 aromatic heterocycles. The van der Waals surface area contributed by atoms with Crippen molar-refractivity contribution in [3.63, 3.8) is 0 Å². The summed E-state index contributed by atoms with van der Waals surface area (Å²) in [6.45, 7) is 5.29. The molecule has 3 aliphatic rings. The predicted octanol–water partition coefficient (Wildman–Crippen LogP) is 3.03. The summed E-state index contributed by atoms with van der Waals surface area (Å²) in [4.78, 5) is 27.1. The van der Waals surface area contributed by atoms with Gasteiger partial charge in [-0.3, -0.25) is 14.3 Å². The third kappa shape index (κ3) is 4.96. The smallest absolute Gasteiger partial charge is 0.330 e. The van der Waals surface area contributed by atoms with Crippen molar-refractivity contribution < 1.29 is 23.3 Å². The summed E-state index contributed by atoms with van der Waals surface area (Å²) in [6, 6.07) is 10.6. The molecule has 7 atom stereocenters. The van der Waals surface area contributed by atoms with E-state index in [0.29, 0.717) is 25.2 Å². The molecule has 0 saturated carbocycles. The number of hydrogen-bond acceptors (Lipinski definition) is 8. The molecular weight excluding hydrogens is 485 g/mol. The van der Waals surface area contributed by atoms with Crippen molar-refractivity contribution in [1.82, 2.24) is 14.2 Å². The van der Waals surface area contributed by atoms with Gasteiger partial charge in [0.05, 0.1) is 19.3 Å². The molecule has 2 aromatic rings. The monoisotopic (exact) mass is 519 g/mol. The Morgan fingerprint density at radius 1 is 1.17 bits per heavy atom. The predicted molar refractivity (Wildman–Crippen MR) is 134 cm³/mol. The molecule has 2 unspecified atom stereocenters. The van der Waals surface area contributed by atoms with Crippen molar-refractivity contribution in [1.29, 1.82) is 0 Å². The Morgan fingerprint density at radius 2 is 1.97 bits per heavy atom. The van der Waals surface area contributed by atoms with Crippen molar-refractivity contribution in [2.45, 2.75) is 69.8 Å². The lowest BCUT2D eigenvalue weighted by Crippen LogP contribution is -2.41. The van der Waals surface area contributed by atoms with E-state index in [1.54, 1.807) is 14.0 Å². The van der Waals surface area contributed by atoms with Crippen LogP contribution < -0.4 is 11.2 Å². The normalized spacial score (nSPS) is 32.2. The van der Waals surface area contributed by atoms with Crippen LogP contribution in [0.5, 0.6) is 0 Å². The molecule has 5 rings (SSSR count). The van der Waals surface area contributed by atoms with Crippen LogP contribution in [0.2, 0.25) is 0 Å². The van der Waals surface area contributed by atoms with Crippen LogP contribution in [0.1, 0.15) is 49.6 Å². The van der Waals surface area contributed by atoms with E-state index in [1.807, 2.05) is 25.1 Å². The molecule has 11 heteroatoms. The third-order valence-corrected chi connectivity index (χ3v) is 8.83. The summed E-state index contributed by atoms with van der Waals surface area (Å²) in [5.74, 6) is 0. The highest BCUT2D eigenvalue weighted by molar-refractivity contribution is 7.45. The van der Waals surface area contributed by atoms with Crippen LogP contribution in [0.3, 0.4) is 0 Å². The highest BCUT2D eigenvalue weighted by Gasteiger charge is 2.53. The number of H-pyrrole nitrogens is 1. The highest BCUT2D eigenvalue weighted by atomic mass is 31.2. The first kappa shape index (κ1) is 25.7. The Balaban J connectivity index is 1.43. The second-order valence-electron chi connectivity index (χ2n) is 9.40. The lowest BCUT2D eigenvalue weighted by Gasteiger charge is -2.29. The molecule has 196 valence electrons.